The SMILES string of the molecule is COc1ccc(C(=O)NCC(=O)N/N=C\c2ccc(OC(=O)c3sc4ccccc4c3Cl)cc2)cc1OC. The third-order valence-corrected chi connectivity index (χ3v) is 6.92. The molecule has 38 heavy (non-hydrogen) atoms. The third-order valence-electron chi connectivity index (χ3n) is 5.27. The van der Waals surface area contributed by atoms with Gasteiger partial charge in [-0.05, 0) is 54.1 Å². The molecule has 4 aromatic rings. The molecule has 1 aromatic heterocycles. The molecule has 11 heteroatoms. The highest BCUT2D eigenvalue weighted by Crippen LogP contribution is 2.35. The molecule has 2 amide bonds. The van der Waals surface area contributed by atoms with Gasteiger partial charge in [-0.2, -0.15) is 5.10 Å². The first kappa shape index (κ1) is 26.6. The van der Waals surface area contributed by atoms with Crippen molar-refractivity contribution in [2.45, 2.75) is 0 Å². The fraction of sp³-hybridized carbons (Fsp3) is 0.111. The van der Waals surface area contributed by atoms with Gasteiger partial charge in [0.25, 0.3) is 11.8 Å². The van der Waals surface area contributed by atoms with E-state index in [0.717, 1.165) is 10.1 Å². The van der Waals surface area contributed by atoms with E-state index in [1.54, 1.807) is 36.4 Å². The monoisotopic (exact) mass is 551 g/mol. The number of hydrogen-bond acceptors (Lipinski definition) is 8. The molecule has 0 unspecified atom stereocenters. The number of methoxy groups -OCH3 is 2. The number of benzene rings is 3. The predicted molar refractivity (Wildman–Crippen MR) is 146 cm³/mol. The average Bonchev–Trinajstić information content (AvgIpc) is 3.28. The summed E-state index contributed by atoms with van der Waals surface area (Å²) >= 11 is 7.62. The first-order valence-corrected chi connectivity index (χ1v) is 12.4. The highest BCUT2D eigenvalue weighted by atomic mass is 35.5. The molecule has 9 nitrogen and oxygen atoms in total. The van der Waals surface area contributed by atoms with E-state index in [2.05, 4.69) is 15.8 Å². The van der Waals surface area contributed by atoms with Crippen LogP contribution in [0, 0.1) is 0 Å². The fourth-order valence-electron chi connectivity index (χ4n) is 3.38. The number of fused-ring (bicyclic) bond motifs is 1. The van der Waals surface area contributed by atoms with E-state index < -0.39 is 17.8 Å². The zero-order valence-corrected chi connectivity index (χ0v) is 21.9. The third kappa shape index (κ3) is 6.28. The van der Waals surface area contributed by atoms with Crippen molar-refractivity contribution in [2.24, 2.45) is 5.10 Å². The quantitative estimate of drug-likeness (QED) is 0.135. The van der Waals surface area contributed by atoms with Crippen molar-refractivity contribution in [1.29, 1.82) is 0 Å². The Morgan fingerprint density at radius 3 is 2.42 bits per heavy atom. The van der Waals surface area contributed by atoms with E-state index in [4.69, 9.17) is 25.8 Å². The summed E-state index contributed by atoms with van der Waals surface area (Å²) in [4.78, 5) is 37.3. The first-order valence-electron chi connectivity index (χ1n) is 11.2. The minimum atomic E-state index is -0.542. The summed E-state index contributed by atoms with van der Waals surface area (Å²) in [6, 6.07) is 18.7. The van der Waals surface area contributed by atoms with Crippen LogP contribution in [0.25, 0.3) is 10.1 Å². The number of hydrazone groups is 1. The second-order valence-corrected chi connectivity index (χ2v) is 9.18. The van der Waals surface area contributed by atoms with Gasteiger partial charge >= 0.3 is 5.97 Å². The Labute approximate surface area is 227 Å². The Morgan fingerprint density at radius 1 is 0.974 bits per heavy atom. The summed E-state index contributed by atoms with van der Waals surface area (Å²) in [5.74, 6) is -0.280. The number of carbonyl (C=O) groups excluding carboxylic acids is 3. The number of rotatable bonds is 9. The van der Waals surface area contributed by atoms with Crippen LogP contribution in [0.1, 0.15) is 25.6 Å². The van der Waals surface area contributed by atoms with Gasteiger partial charge in [-0.25, -0.2) is 10.2 Å². The molecular formula is C27H22ClN3O6S. The van der Waals surface area contributed by atoms with E-state index in [-0.39, 0.29) is 6.54 Å². The lowest BCUT2D eigenvalue weighted by molar-refractivity contribution is -0.120. The van der Waals surface area contributed by atoms with Crippen LogP contribution in [-0.4, -0.2) is 44.8 Å². The summed E-state index contributed by atoms with van der Waals surface area (Å²) < 4.78 is 16.7. The Hall–Kier alpha value is -4.41. The summed E-state index contributed by atoms with van der Waals surface area (Å²) in [5.41, 5.74) is 3.30. The summed E-state index contributed by atoms with van der Waals surface area (Å²) in [6.45, 7) is -0.278. The van der Waals surface area contributed by atoms with E-state index in [1.165, 1.54) is 37.8 Å². The van der Waals surface area contributed by atoms with Crippen LogP contribution in [0.2, 0.25) is 5.02 Å². The van der Waals surface area contributed by atoms with E-state index in [0.29, 0.717) is 38.3 Å². The molecule has 0 saturated heterocycles. The highest BCUT2D eigenvalue weighted by molar-refractivity contribution is 7.21. The fourth-order valence-corrected chi connectivity index (χ4v) is 4.76. The number of ether oxygens (including phenoxy) is 3. The van der Waals surface area contributed by atoms with Gasteiger partial charge in [-0.1, -0.05) is 29.8 Å². The summed E-state index contributed by atoms with van der Waals surface area (Å²) in [6.07, 6.45) is 1.42. The number of hydrogen-bond donors (Lipinski definition) is 2. The number of esters is 1. The normalized spacial score (nSPS) is 10.8. The van der Waals surface area contributed by atoms with Crippen LogP contribution in [-0.2, 0) is 4.79 Å². The molecule has 0 spiro atoms. The smallest absolute Gasteiger partial charge is 0.355 e. The Balaban J connectivity index is 1.26. The molecule has 0 fully saturated rings. The Morgan fingerprint density at radius 2 is 1.71 bits per heavy atom. The lowest BCUT2D eigenvalue weighted by Crippen LogP contribution is -2.34. The minimum absolute atomic E-state index is 0.278. The van der Waals surface area contributed by atoms with Crippen LogP contribution in [0.3, 0.4) is 0 Å². The number of nitrogens with zero attached hydrogens (tertiary/aromatic N) is 1. The van der Waals surface area contributed by atoms with Crippen molar-refractivity contribution in [1.82, 2.24) is 10.7 Å². The van der Waals surface area contributed by atoms with E-state index in [1.807, 2.05) is 24.3 Å². The van der Waals surface area contributed by atoms with Crippen LogP contribution >= 0.6 is 22.9 Å². The molecular weight excluding hydrogens is 530 g/mol. The van der Waals surface area contributed by atoms with Crippen molar-refractivity contribution < 1.29 is 28.6 Å². The maximum absolute atomic E-state index is 12.6. The number of amides is 2. The van der Waals surface area contributed by atoms with Gasteiger partial charge in [0.05, 0.1) is 32.0 Å². The van der Waals surface area contributed by atoms with Gasteiger partial charge in [0, 0.05) is 15.6 Å². The molecule has 0 aliphatic carbocycles. The van der Waals surface area contributed by atoms with Crippen LogP contribution < -0.4 is 25.0 Å². The van der Waals surface area contributed by atoms with E-state index >= 15 is 0 Å². The maximum Gasteiger partial charge on any atom is 0.355 e. The molecule has 0 atom stereocenters. The summed E-state index contributed by atoms with van der Waals surface area (Å²) in [7, 11) is 2.96. The van der Waals surface area contributed by atoms with Gasteiger partial charge in [-0.15, -0.1) is 11.3 Å². The number of carbonyl (C=O) groups is 3. The second-order valence-electron chi connectivity index (χ2n) is 7.75. The number of nitrogens with one attached hydrogen (secondary N) is 2. The van der Waals surface area contributed by atoms with Crippen molar-refractivity contribution >= 4 is 57.0 Å². The Bertz CT molecular complexity index is 1520. The van der Waals surface area contributed by atoms with Crippen LogP contribution in [0.15, 0.2) is 71.8 Å². The largest absolute Gasteiger partial charge is 0.493 e. The molecule has 0 bridgehead atoms. The standard InChI is InChI=1S/C27H22ClN3O6S/c1-35-20-12-9-17(13-21(20)36-2)26(33)29-15-23(32)31-30-14-16-7-10-18(11-8-16)37-27(34)25-24(28)19-5-3-4-6-22(19)38-25/h3-14H,15H2,1-2H3,(H,29,33)(H,31,32)/b30-14-. The lowest BCUT2D eigenvalue weighted by atomic mass is 10.2. The molecule has 1 heterocycles. The van der Waals surface area contributed by atoms with Gasteiger partial charge in [0.2, 0.25) is 0 Å². The molecule has 4 rings (SSSR count). The predicted octanol–water partition coefficient (Wildman–Crippen LogP) is 4.67. The number of thiophene rings is 1. The van der Waals surface area contributed by atoms with Crippen molar-refractivity contribution in [2.75, 3.05) is 20.8 Å². The first-order chi connectivity index (χ1) is 18.4. The molecule has 2 N–H and O–H groups in total. The number of halogens is 1. The molecule has 194 valence electrons. The highest BCUT2D eigenvalue weighted by Gasteiger charge is 2.19. The van der Waals surface area contributed by atoms with Crippen molar-refractivity contribution in [3.8, 4) is 17.2 Å². The molecule has 3 aromatic carbocycles. The zero-order valence-electron chi connectivity index (χ0n) is 20.3. The second kappa shape index (κ2) is 12.2. The molecule has 0 aliphatic heterocycles. The lowest BCUT2D eigenvalue weighted by Gasteiger charge is -2.09. The van der Waals surface area contributed by atoms with Gasteiger partial charge < -0.3 is 19.5 Å². The minimum Gasteiger partial charge on any atom is -0.493 e. The van der Waals surface area contributed by atoms with Gasteiger partial charge in [0.15, 0.2) is 11.5 Å². The van der Waals surface area contributed by atoms with Crippen molar-refractivity contribution in [3.63, 3.8) is 0 Å². The topological polar surface area (TPSA) is 115 Å². The Kier molecular flexibility index (Phi) is 8.57. The van der Waals surface area contributed by atoms with Gasteiger partial charge in [0.1, 0.15) is 10.6 Å². The van der Waals surface area contributed by atoms with E-state index in [9.17, 15) is 14.4 Å². The maximum atomic E-state index is 12.6. The van der Waals surface area contributed by atoms with Crippen LogP contribution in [0.5, 0.6) is 17.2 Å². The summed E-state index contributed by atoms with van der Waals surface area (Å²) in [5, 5.41) is 7.57. The van der Waals surface area contributed by atoms with Crippen molar-refractivity contribution in [3.05, 3.63) is 87.8 Å². The molecule has 0 aliphatic rings. The average molecular weight is 552 g/mol. The van der Waals surface area contributed by atoms with Crippen LogP contribution in [0.4, 0.5) is 0 Å². The molecule has 0 saturated carbocycles. The molecule has 0 radical (unpaired) electrons. The zero-order chi connectivity index (χ0) is 27.1. The van der Waals surface area contributed by atoms with Gasteiger partial charge in [-0.3, -0.25) is 9.59 Å².